The van der Waals surface area contributed by atoms with Crippen molar-refractivity contribution in [2.45, 2.75) is 64.2 Å². The number of carbonyl (C=O) groups is 3. The molecule has 4 aromatic rings. The van der Waals surface area contributed by atoms with Gasteiger partial charge in [0, 0.05) is 51.5 Å². The van der Waals surface area contributed by atoms with Crippen LogP contribution in [0.5, 0.6) is 0 Å². The van der Waals surface area contributed by atoms with Gasteiger partial charge in [0.05, 0.1) is 23.4 Å². The number of alkyl halides is 6. The molecule has 0 spiro atoms. The maximum absolute atomic E-state index is 14.0. The quantitative estimate of drug-likeness (QED) is 0.0994. The molecule has 5 rings (SSSR count). The molecular weight excluding hydrogens is 842 g/mol. The minimum Gasteiger partial charge on any atom is -0.374 e. The van der Waals surface area contributed by atoms with Crippen molar-refractivity contribution in [3.63, 3.8) is 0 Å². The molecular formula is C40H33Cl4F6N3O4. The van der Waals surface area contributed by atoms with E-state index in [9.17, 15) is 40.7 Å². The summed E-state index contributed by atoms with van der Waals surface area (Å²) in [6.45, 7) is 6.35. The van der Waals surface area contributed by atoms with Gasteiger partial charge in [0.1, 0.15) is 0 Å². The van der Waals surface area contributed by atoms with E-state index >= 15 is 0 Å². The van der Waals surface area contributed by atoms with Crippen molar-refractivity contribution in [1.29, 1.82) is 0 Å². The van der Waals surface area contributed by atoms with E-state index in [2.05, 4.69) is 15.8 Å². The van der Waals surface area contributed by atoms with Crippen LogP contribution < -0.4 is 10.6 Å². The van der Waals surface area contributed by atoms with Crippen molar-refractivity contribution >= 4 is 75.3 Å². The van der Waals surface area contributed by atoms with Gasteiger partial charge in [0.25, 0.3) is 5.60 Å². The Morgan fingerprint density at radius 2 is 1.14 bits per heavy atom. The Labute approximate surface area is 344 Å². The maximum Gasteiger partial charge on any atom is 0.435 e. The van der Waals surface area contributed by atoms with E-state index in [0.29, 0.717) is 17.2 Å². The second kappa shape index (κ2) is 18.4. The van der Waals surface area contributed by atoms with E-state index in [1.165, 1.54) is 50.2 Å². The number of carbonyl (C=O) groups excluding carboxylic acids is 3. The van der Waals surface area contributed by atoms with Crippen LogP contribution in [-0.2, 0) is 20.0 Å². The molecule has 302 valence electrons. The van der Waals surface area contributed by atoms with Crippen LogP contribution in [0.1, 0.15) is 84.4 Å². The van der Waals surface area contributed by atoms with Crippen molar-refractivity contribution in [2.24, 2.45) is 5.16 Å². The second-order valence-corrected chi connectivity index (χ2v) is 14.7. The van der Waals surface area contributed by atoms with Gasteiger partial charge in [-0.2, -0.15) is 26.3 Å². The number of hydrogen-bond donors (Lipinski definition) is 2. The zero-order chi connectivity index (χ0) is 42.5. The molecule has 17 heteroatoms. The zero-order valence-corrected chi connectivity index (χ0v) is 33.4. The third kappa shape index (κ3) is 11.8. The normalized spacial score (nSPS) is 16.7. The molecule has 7 nitrogen and oxygen atoms in total. The first kappa shape index (κ1) is 45.1. The second-order valence-electron chi connectivity index (χ2n) is 13.0. The summed E-state index contributed by atoms with van der Waals surface area (Å²) in [5, 5.41) is 9.36. The number of benzene rings is 4. The molecule has 1 heterocycles. The summed E-state index contributed by atoms with van der Waals surface area (Å²) in [7, 11) is 0. The highest BCUT2D eigenvalue weighted by molar-refractivity contribution is 6.35. The van der Waals surface area contributed by atoms with E-state index < -0.39 is 35.7 Å². The zero-order valence-electron chi connectivity index (χ0n) is 30.4. The summed E-state index contributed by atoms with van der Waals surface area (Å²) >= 11 is 23.4. The fourth-order valence-electron chi connectivity index (χ4n) is 5.77. The number of hydrogen-bond acceptors (Lipinski definition) is 5. The van der Waals surface area contributed by atoms with Gasteiger partial charge < -0.3 is 15.5 Å². The SMILES string of the molecule is CC(=O)N[C@@H](C)c1ccc(C(=O)C=C(c2cc(Cl)cc(Cl)c2)C(F)(F)F)cc1.CC(=O)N[C@@H](C)c1ccc(C2=NOC(c3cc(Cl)cc(Cl)c3)(C(F)(F)F)C2)cc1. The van der Waals surface area contributed by atoms with E-state index in [0.717, 1.165) is 17.7 Å². The van der Waals surface area contributed by atoms with Gasteiger partial charge >= 0.3 is 12.4 Å². The molecule has 4 aromatic carbocycles. The molecule has 2 amide bonds. The van der Waals surface area contributed by atoms with E-state index in [1.54, 1.807) is 43.3 Å². The molecule has 0 saturated heterocycles. The Morgan fingerprint density at radius 3 is 1.56 bits per heavy atom. The molecule has 0 bridgehead atoms. The average molecular weight is 876 g/mol. The Bertz CT molecular complexity index is 2150. The minimum atomic E-state index is -4.77. The molecule has 0 radical (unpaired) electrons. The molecule has 1 aliphatic rings. The van der Waals surface area contributed by atoms with Gasteiger partial charge in [-0.25, -0.2) is 0 Å². The molecule has 57 heavy (non-hydrogen) atoms. The highest BCUT2D eigenvalue weighted by atomic mass is 35.5. The topological polar surface area (TPSA) is 96.9 Å². The lowest BCUT2D eigenvalue weighted by Gasteiger charge is -2.29. The monoisotopic (exact) mass is 873 g/mol. The molecule has 2 N–H and O–H groups in total. The van der Waals surface area contributed by atoms with Gasteiger partial charge in [-0.05, 0) is 78.6 Å². The number of ketones is 1. The van der Waals surface area contributed by atoms with Gasteiger partial charge in [-0.15, -0.1) is 0 Å². The Morgan fingerprint density at radius 1 is 0.702 bits per heavy atom. The van der Waals surface area contributed by atoms with Crippen LogP contribution in [0.25, 0.3) is 5.57 Å². The predicted octanol–water partition coefficient (Wildman–Crippen LogP) is 11.8. The lowest BCUT2D eigenvalue weighted by atomic mass is 9.86. The Balaban J connectivity index is 0.000000253. The van der Waals surface area contributed by atoms with Crippen molar-refractivity contribution in [3.05, 3.63) is 144 Å². The first-order valence-electron chi connectivity index (χ1n) is 16.8. The molecule has 1 aliphatic heterocycles. The summed E-state index contributed by atoms with van der Waals surface area (Å²) in [6.07, 6.45) is -9.52. The average Bonchev–Trinajstić information content (AvgIpc) is 3.57. The number of halogens is 10. The summed E-state index contributed by atoms with van der Waals surface area (Å²) < 4.78 is 82.5. The van der Waals surface area contributed by atoms with E-state index in [-0.39, 0.29) is 66.4 Å². The van der Waals surface area contributed by atoms with Crippen LogP contribution in [0.15, 0.2) is 96.2 Å². The van der Waals surface area contributed by atoms with Crippen LogP contribution in [-0.4, -0.2) is 35.7 Å². The van der Waals surface area contributed by atoms with Crippen LogP contribution in [0.4, 0.5) is 26.3 Å². The summed E-state index contributed by atoms with van der Waals surface area (Å²) in [4.78, 5) is 39.7. The van der Waals surface area contributed by atoms with Crippen molar-refractivity contribution in [2.75, 3.05) is 0 Å². The fraction of sp³-hybridized carbons (Fsp3) is 0.250. The molecule has 0 saturated carbocycles. The third-order valence-corrected chi connectivity index (χ3v) is 9.42. The Hall–Kier alpha value is -4.56. The number of oxime groups is 1. The number of rotatable bonds is 9. The van der Waals surface area contributed by atoms with Crippen molar-refractivity contribution in [3.8, 4) is 0 Å². The Kier molecular flexibility index (Phi) is 14.5. The summed E-state index contributed by atoms with van der Waals surface area (Å²) in [5.74, 6) is -1.21. The van der Waals surface area contributed by atoms with Gasteiger partial charge in [0.2, 0.25) is 11.8 Å². The molecule has 3 atom stereocenters. The predicted molar refractivity (Wildman–Crippen MR) is 209 cm³/mol. The lowest BCUT2D eigenvalue weighted by Crippen LogP contribution is -2.42. The lowest BCUT2D eigenvalue weighted by molar-refractivity contribution is -0.275. The number of amides is 2. The first-order valence-corrected chi connectivity index (χ1v) is 18.3. The minimum absolute atomic E-state index is 0.0291. The van der Waals surface area contributed by atoms with E-state index in [1.807, 2.05) is 6.92 Å². The number of nitrogens with zero attached hydrogens (tertiary/aromatic N) is 1. The van der Waals surface area contributed by atoms with Crippen LogP contribution >= 0.6 is 46.4 Å². The third-order valence-electron chi connectivity index (χ3n) is 8.55. The van der Waals surface area contributed by atoms with Gasteiger partial charge in [-0.1, -0.05) is 100 Å². The highest BCUT2D eigenvalue weighted by Gasteiger charge is 2.62. The van der Waals surface area contributed by atoms with Crippen molar-refractivity contribution < 1.29 is 45.6 Å². The standard InChI is InChI=1S/C20H17Cl2F3N2O2.C20H16Cl2F3NO2/c1-11(26-12(2)28)13-3-5-14(6-4-13)18-10-19(29-27-18,20(23,24)25)15-7-16(21)9-17(22)8-15;1-11(26-12(2)27)13-3-5-14(6-4-13)19(28)10-18(20(23,24)25)15-7-16(21)9-17(22)8-15/h3-9,11H,10H2,1-2H3,(H,26,28);3-11H,1-2H3,(H,26,27)/t11-,19?;11-/m00/s1. The summed E-state index contributed by atoms with van der Waals surface area (Å²) in [5.41, 5.74) is -2.07. The first-order chi connectivity index (χ1) is 26.5. The molecule has 0 fully saturated rings. The largest absolute Gasteiger partial charge is 0.435 e. The van der Waals surface area contributed by atoms with E-state index in [4.69, 9.17) is 51.2 Å². The van der Waals surface area contributed by atoms with Gasteiger partial charge in [0.15, 0.2) is 5.78 Å². The smallest absolute Gasteiger partial charge is 0.374 e. The van der Waals surface area contributed by atoms with Crippen LogP contribution in [0.3, 0.4) is 0 Å². The van der Waals surface area contributed by atoms with Gasteiger partial charge in [-0.3, -0.25) is 14.4 Å². The van der Waals surface area contributed by atoms with Crippen molar-refractivity contribution in [1.82, 2.24) is 10.6 Å². The fourth-order valence-corrected chi connectivity index (χ4v) is 6.83. The number of allylic oxidation sites excluding steroid dienone is 2. The van der Waals surface area contributed by atoms with Crippen LogP contribution in [0.2, 0.25) is 20.1 Å². The molecule has 0 aliphatic carbocycles. The molecule has 0 aromatic heterocycles. The van der Waals surface area contributed by atoms with Crippen LogP contribution in [0, 0.1) is 0 Å². The summed E-state index contributed by atoms with van der Waals surface area (Å²) in [6, 6.07) is 19.4. The highest BCUT2D eigenvalue weighted by Crippen LogP contribution is 2.49. The maximum atomic E-state index is 14.0. The molecule has 1 unspecified atom stereocenters. The number of nitrogens with one attached hydrogen (secondary N) is 2.